The third kappa shape index (κ3) is 1.95. The van der Waals surface area contributed by atoms with Gasteiger partial charge in [-0.3, -0.25) is 0 Å². The molecule has 0 aromatic carbocycles. The largest absolute Gasteiger partial charge is 0.318 e. The molecule has 2 atom stereocenters. The monoisotopic (exact) mass is 128 g/mol. The molecule has 0 spiro atoms. The summed E-state index contributed by atoms with van der Waals surface area (Å²) in [6.07, 6.45) is 1.33. The smallest absolute Gasteiger partial charge is 0.0195 e. The summed E-state index contributed by atoms with van der Waals surface area (Å²) >= 11 is 0. The van der Waals surface area contributed by atoms with Crippen LogP contribution in [0.3, 0.4) is 0 Å². The van der Waals surface area contributed by atoms with E-state index in [1.807, 2.05) is 7.05 Å². The van der Waals surface area contributed by atoms with Crippen LogP contribution in [0.5, 0.6) is 0 Å². The zero-order chi connectivity index (χ0) is 6.69. The molecule has 1 aliphatic rings. The molecule has 0 radical (unpaired) electrons. The lowest BCUT2D eigenvalue weighted by Gasteiger charge is -2.07. The highest BCUT2D eigenvalue weighted by Gasteiger charge is 2.18. The van der Waals surface area contributed by atoms with Gasteiger partial charge in [0, 0.05) is 12.6 Å². The quantitative estimate of drug-likeness (QED) is 0.555. The minimum absolute atomic E-state index is 0.727. The highest BCUT2D eigenvalue weighted by Crippen LogP contribution is 2.11. The zero-order valence-corrected chi connectivity index (χ0v) is 6.28. The second-order valence-corrected chi connectivity index (χ2v) is 3.00. The number of nitrogens with one attached hydrogen (secondary N) is 2. The van der Waals surface area contributed by atoms with Gasteiger partial charge in [-0.1, -0.05) is 6.92 Å². The summed E-state index contributed by atoms with van der Waals surface area (Å²) in [5.74, 6) is 0.878. The van der Waals surface area contributed by atoms with Gasteiger partial charge >= 0.3 is 0 Å². The normalized spacial score (nSPS) is 35.3. The van der Waals surface area contributed by atoms with Crippen molar-refractivity contribution in [1.82, 2.24) is 10.6 Å². The lowest BCUT2D eigenvalue weighted by Crippen LogP contribution is -2.31. The van der Waals surface area contributed by atoms with Gasteiger partial charge in [0.05, 0.1) is 0 Å². The minimum Gasteiger partial charge on any atom is -0.318 e. The number of hydrogen-bond donors (Lipinski definition) is 2. The molecule has 1 fully saturated rings. The van der Waals surface area contributed by atoms with Crippen LogP contribution in [0, 0.1) is 5.92 Å². The Balaban J connectivity index is 2.14. The molecule has 0 amide bonds. The molecule has 54 valence electrons. The lowest BCUT2D eigenvalue weighted by atomic mass is 10.1. The van der Waals surface area contributed by atoms with E-state index in [-0.39, 0.29) is 0 Å². The summed E-state index contributed by atoms with van der Waals surface area (Å²) in [7, 11) is 2.00. The summed E-state index contributed by atoms with van der Waals surface area (Å²) in [5, 5.41) is 6.61. The summed E-state index contributed by atoms with van der Waals surface area (Å²) in [4.78, 5) is 0. The highest BCUT2D eigenvalue weighted by atomic mass is 15.0. The van der Waals surface area contributed by atoms with E-state index in [4.69, 9.17) is 0 Å². The fraction of sp³-hybridized carbons (Fsp3) is 1.00. The second kappa shape index (κ2) is 3.18. The highest BCUT2D eigenvalue weighted by molar-refractivity contribution is 4.79. The molecule has 1 aliphatic heterocycles. The third-order valence-corrected chi connectivity index (χ3v) is 1.89. The van der Waals surface area contributed by atoms with Crippen LogP contribution in [-0.4, -0.2) is 26.2 Å². The Kier molecular flexibility index (Phi) is 2.49. The van der Waals surface area contributed by atoms with Gasteiger partial charge in [0.2, 0.25) is 0 Å². The number of likely N-dealkylation sites (N-methyl/N-ethyl adjacent to an activating group) is 1. The standard InChI is InChI=1S/C7H16N2/c1-6-3-7(5-8-2)9-4-6/h6-9H,3-5H2,1-2H3/t6-,7-/m1/s1. The molecule has 1 saturated heterocycles. The van der Waals surface area contributed by atoms with Crippen molar-refractivity contribution in [3.8, 4) is 0 Å². The summed E-state index contributed by atoms with van der Waals surface area (Å²) in [6, 6.07) is 0.727. The first-order valence-corrected chi connectivity index (χ1v) is 3.71. The van der Waals surface area contributed by atoms with Gasteiger partial charge in [0.1, 0.15) is 0 Å². The van der Waals surface area contributed by atoms with Crippen LogP contribution in [0.25, 0.3) is 0 Å². The molecule has 0 saturated carbocycles. The van der Waals surface area contributed by atoms with Crippen LogP contribution in [0.2, 0.25) is 0 Å². The van der Waals surface area contributed by atoms with Crippen LogP contribution in [-0.2, 0) is 0 Å². The lowest BCUT2D eigenvalue weighted by molar-refractivity contribution is 0.552. The van der Waals surface area contributed by atoms with Gasteiger partial charge in [0.25, 0.3) is 0 Å². The van der Waals surface area contributed by atoms with Crippen molar-refractivity contribution in [2.75, 3.05) is 20.1 Å². The fourth-order valence-electron chi connectivity index (χ4n) is 1.42. The van der Waals surface area contributed by atoms with Gasteiger partial charge < -0.3 is 10.6 Å². The zero-order valence-electron chi connectivity index (χ0n) is 6.28. The summed E-state index contributed by atoms with van der Waals surface area (Å²) in [5.41, 5.74) is 0. The SMILES string of the molecule is CNC[C@H]1C[C@@H](C)CN1. The Morgan fingerprint density at radius 1 is 1.67 bits per heavy atom. The van der Waals surface area contributed by atoms with Gasteiger partial charge in [-0.25, -0.2) is 0 Å². The van der Waals surface area contributed by atoms with Gasteiger partial charge in [0.15, 0.2) is 0 Å². The predicted octanol–water partition coefficient (Wildman–Crippen LogP) is 0.204. The summed E-state index contributed by atoms with van der Waals surface area (Å²) in [6.45, 7) is 4.61. The number of hydrogen-bond acceptors (Lipinski definition) is 2. The first kappa shape index (κ1) is 7.03. The molecule has 0 aliphatic carbocycles. The second-order valence-electron chi connectivity index (χ2n) is 3.00. The van der Waals surface area contributed by atoms with Gasteiger partial charge in [-0.2, -0.15) is 0 Å². The Morgan fingerprint density at radius 2 is 2.44 bits per heavy atom. The molecule has 0 aromatic rings. The van der Waals surface area contributed by atoms with Crippen LogP contribution in [0.15, 0.2) is 0 Å². The third-order valence-electron chi connectivity index (χ3n) is 1.89. The van der Waals surface area contributed by atoms with E-state index in [1.165, 1.54) is 13.0 Å². The van der Waals surface area contributed by atoms with Crippen LogP contribution < -0.4 is 10.6 Å². The van der Waals surface area contributed by atoms with Crippen molar-refractivity contribution in [3.63, 3.8) is 0 Å². The Bertz CT molecular complexity index is 81.0. The van der Waals surface area contributed by atoms with E-state index in [2.05, 4.69) is 17.6 Å². The molecule has 0 bridgehead atoms. The molecule has 9 heavy (non-hydrogen) atoms. The molecular weight excluding hydrogens is 112 g/mol. The van der Waals surface area contributed by atoms with Gasteiger partial charge in [-0.05, 0) is 25.9 Å². The van der Waals surface area contributed by atoms with Crippen LogP contribution >= 0.6 is 0 Å². The van der Waals surface area contributed by atoms with Crippen molar-refractivity contribution in [2.24, 2.45) is 5.92 Å². The Hall–Kier alpha value is -0.0800. The van der Waals surface area contributed by atoms with E-state index < -0.39 is 0 Å². The summed E-state index contributed by atoms with van der Waals surface area (Å²) < 4.78 is 0. The van der Waals surface area contributed by atoms with Crippen molar-refractivity contribution in [2.45, 2.75) is 19.4 Å². The molecular formula is C7H16N2. The maximum Gasteiger partial charge on any atom is 0.0195 e. The topological polar surface area (TPSA) is 24.1 Å². The van der Waals surface area contributed by atoms with E-state index >= 15 is 0 Å². The van der Waals surface area contributed by atoms with Crippen molar-refractivity contribution >= 4 is 0 Å². The molecule has 2 heteroatoms. The van der Waals surface area contributed by atoms with E-state index in [0.29, 0.717) is 0 Å². The molecule has 0 unspecified atom stereocenters. The van der Waals surface area contributed by atoms with Crippen LogP contribution in [0.4, 0.5) is 0 Å². The number of rotatable bonds is 2. The van der Waals surface area contributed by atoms with Crippen molar-refractivity contribution < 1.29 is 0 Å². The van der Waals surface area contributed by atoms with E-state index in [9.17, 15) is 0 Å². The van der Waals surface area contributed by atoms with Gasteiger partial charge in [-0.15, -0.1) is 0 Å². The minimum atomic E-state index is 0.727. The van der Waals surface area contributed by atoms with Crippen LogP contribution in [0.1, 0.15) is 13.3 Å². The Labute approximate surface area is 57.0 Å². The molecule has 2 nitrogen and oxygen atoms in total. The van der Waals surface area contributed by atoms with E-state index in [1.54, 1.807) is 0 Å². The molecule has 0 aromatic heterocycles. The molecule has 1 rings (SSSR count). The van der Waals surface area contributed by atoms with Crippen molar-refractivity contribution in [3.05, 3.63) is 0 Å². The maximum absolute atomic E-state index is 3.44. The molecule has 1 heterocycles. The average molecular weight is 128 g/mol. The maximum atomic E-state index is 3.44. The molecule has 2 N–H and O–H groups in total. The Morgan fingerprint density at radius 3 is 2.89 bits per heavy atom. The van der Waals surface area contributed by atoms with Crippen molar-refractivity contribution in [1.29, 1.82) is 0 Å². The van der Waals surface area contributed by atoms with E-state index in [0.717, 1.165) is 18.5 Å². The first-order valence-electron chi connectivity index (χ1n) is 3.71. The first-order chi connectivity index (χ1) is 4.33. The predicted molar refractivity (Wildman–Crippen MR) is 39.5 cm³/mol. The average Bonchev–Trinajstić information content (AvgIpc) is 2.17. The fourth-order valence-corrected chi connectivity index (χ4v) is 1.42.